The van der Waals surface area contributed by atoms with Crippen molar-refractivity contribution in [3.8, 4) is 5.75 Å². The number of carbonyl (C=O) groups excluding carboxylic acids is 1. The summed E-state index contributed by atoms with van der Waals surface area (Å²) in [5, 5.41) is 2.66. The molecule has 0 bridgehead atoms. The lowest BCUT2D eigenvalue weighted by atomic mass is 10.1. The minimum atomic E-state index is -0.386. The van der Waals surface area contributed by atoms with Crippen LogP contribution in [0.4, 0.5) is 10.1 Å². The molecule has 0 heterocycles. The highest BCUT2D eigenvalue weighted by Gasteiger charge is 2.13. The van der Waals surface area contributed by atoms with Gasteiger partial charge < -0.3 is 10.1 Å². The summed E-state index contributed by atoms with van der Waals surface area (Å²) < 4.78 is 19.3. The van der Waals surface area contributed by atoms with Crippen LogP contribution in [-0.2, 0) is 0 Å². The van der Waals surface area contributed by atoms with Gasteiger partial charge in [0.15, 0.2) is 0 Å². The van der Waals surface area contributed by atoms with E-state index in [0.29, 0.717) is 17.0 Å². The highest BCUT2D eigenvalue weighted by Crippen LogP contribution is 2.24. The molecule has 0 aromatic heterocycles. The number of halogens is 2. The second-order valence-corrected chi connectivity index (χ2v) is 5.23. The van der Waals surface area contributed by atoms with Gasteiger partial charge in [-0.3, -0.25) is 4.79 Å². The molecule has 0 saturated heterocycles. The molecule has 1 N–H and O–H groups in total. The third-order valence-electron chi connectivity index (χ3n) is 2.71. The van der Waals surface area contributed by atoms with Crippen molar-refractivity contribution < 1.29 is 13.9 Å². The first-order valence-electron chi connectivity index (χ1n) is 5.91. The van der Waals surface area contributed by atoms with E-state index in [1.54, 1.807) is 31.2 Å². The molecule has 20 heavy (non-hydrogen) atoms. The minimum Gasteiger partial charge on any atom is -0.496 e. The first-order chi connectivity index (χ1) is 9.49. The summed E-state index contributed by atoms with van der Waals surface area (Å²) in [5.74, 6) is -0.285. The summed E-state index contributed by atoms with van der Waals surface area (Å²) in [4.78, 5) is 12.2. The van der Waals surface area contributed by atoms with Crippen molar-refractivity contribution in [3.05, 3.63) is 57.8 Å². The van der Waals surface area contributed by atoms with Crippen LogP contribution in [0.2, 0.25) is 0 Å². The summed E-state index contributed by atoms with van der Waals surface area (Å²) >= 11 is 3.31. The SMILES string of the molecule is COc1cc(Br)ccc1C(=O)Nc1cc(C)cc(F)c1. The Bertz CT molecular complexity index is 638. The maximum absolute atomic E-state index is 13.3. The monoisotopic (exact) mass is 337 g/mol. The van der Waals surface area contributed by atoms with Gasteiger partial charge in [0, 0.05) is 10.2 Å². The Kier molecular flexibility index (Phi) is 4.39. The average molecular weight is 338 g/mol. The summed E-state index contributed by atoms with van der Waals surface area (Å²) in [6.07, 6.45) is 0. The third kappa shape index (κ3) is 3.36. The van der Waals surface area contributed by atoms with Crippen LogP contribution in [0, 0.1) is 12.7 Å². The van der Waals surface area contributed by atoms with Crippen LogP contribution in [0.15, 0.2) is 40.9 Å². The molecule has 104 valence electrons. The Labute approximate surface area is 124 Å². The Morgan fingerprint density at radius 1 is 1.25 bits per heavy atom. The third-order valence-corrected chi connectivity index (χ3v) is 3.20. The van der Waals surface area contributed by atoms with Crippen LogP contribution >= 0.6 is 15.9 Å². The van der Waals surface area contributed by atoms with Crippen molar-refractivity contribution in [1.29, 1.82) is 0 Å². The highest BCUT2D eigenvalue weighted by atomic mass is 79.9. The fourth-order valence-corrected chi connectivity index (χ4v) is 2.20. The molecule has 0 aliphatic carbocycles. The topological polar surface area (TPSA) is 38.3 Å². The number of rotatable bonds is 3. The summed E-state index contributed by atoms with van der Waals surface area (Å²) in [7, 11) is 1.49. The molecule has 1 amide bonds. The summed E-state index contributed by atoms with van der Waals surface area (Å²) in [6.45, 7) is 1.76. The lowest BCUT2D eigenvalue weighted by molar-refractivity contribution is 0.102. The zero-order valence-electron chi connectivity index (χ0n) is 11.0. The molecule has 0 fully saturated rings. The largest absolute Gasteiger partial charge is 0.496 e. The number of aryl methyl sites for hydroxylation is 1. The molecule has 0 radical (unpaired) electrons. The fourth-order valence-electron chi connectivity index (χ4n) is 1.86. The van der Waals surface area contributed by atoms with Crippen molar-refractivity contribution in [3.63, 3.8) is 0 Å². The number of carbonyl (C=O) groups is 1. The lowest BCUT2D eigenvalue weighted by Crippen LogP contribution is -2.13. The molecule has 0 atom stereocenters. The van der Waals surface area contributed by atoms with Gasteiger partial charge in [0.2, 0.25) is 0 Å². The van der Waals surface area contributed by atoms with Gasteiger partial charge in [-0.15, -0.1) is 0 Å². The zero-order valence-corrected chi connectivity index (χ0v) is 12.6. The molecular formula is C15H13BrFNO2. The number of amides is 1. The molecule has 2 aromatic rings. The molecule has 0 aliphatic rings. The quantitative estimate of drug-likeness (QED) is 0.913. The maximum atomic E-state index is 13.3. The van der Waals surface area contributed by atoms with Gasteiger partial charge in [-0.2, -0.15) is 0 Å². The van der Waals surface area contributed by atoms with Crippen LogP contribution in [-0.4, -0.2) is 13.0 Å². The average Bonchev–Trinajstić information content (AvgIpc) is 2.37. The second kappa shape index (κ2) is 6.05. The first kappa shape index (κ1) is 14.5. The van der Waals surface area contributed by atoms with E-state index in [9.17, 15) is 9.18 Å². The van der Waals surface area contributed by atoms with Gasteiger partial charge in [-0.05, 0) is 48.9 Å². The van der Waals surface area contributed by atoms with Crippen molar-refractivity contribution in [2.45, 2.75) is 6.92 Å². The molecule has 2 aromatic carbocycles. The lowest BCUT2D eigenvalue weighted by Gasteiger charge is -2.10. The summed E-state index contributed by atoms with van der Waals surface area (Å²) in [5.41, 5.74) is 1.54. The van der Waals surface area contributed by atoms with E-state index in [4.69, 9.17) is 4.74 Å². The second-order valence-electron chi connectivity index (χ2n) is 4.32. The standard InChI is InChI=1S/C15H13BrFNO2/c1-9-5-11(17)8-12(6-9)18-15(19)13-4-3-10(16)7-14(13)20-2/h3-8H,1-2H3,(H,18,19). The van der Waals surface area contributed by atoms with Gasteiger partial charge >= 0.3 is 0 Å². The molecule has 0 spiro atoms. The Balaban J connectivity index is 2.28. The smallest absolute Gasteiger partial charge is 0.259 e. The fraction of sp³-hybridized carbons (Fsp3) is 0.133. The van der Waals surface area contributed by atoms with Gasteiger partial charge in [-0.25, -0.2) is 4.39 Å². The van der Waals surface area contributed by atoms with Crippen molar-refractivity contribution in [1.82, 2.24) is 0 Å². The van der Waals surface area contributed by atoms with E-state index in [1.807, 2.05) is 0 Å². The molecular weight excluding hydrogens is 325 g/mol. The Hall–Kier alpha value is -1.88. The van der Waals surface area contributed by atoms with E-state index in [-0.39, 0.29) is 11.7 Å². The predicted octanol–water partition coefficient (Wildman–Crippen LogP) is 4.16. The minimum absolute atomic E-state index is 0.348. The van der Waals surface area contributed by atoms with E-state index in [1.165, 1.54) is 19.2 Å². The van der Waals surface area contributed by atoms with Crippen molar-refractivity contribution in [2.24, 2.45) is 0 Å². The number of ether oxygens (including phenoxy) is 1. The van der Waals surface area contributed by atoms with Gasteiger partial charge in [0.05, 0.1) is 12.7 Å². The van der Waals surface area contributed by atoms with Crippen LogP contribution in [0.25, 0.3) is 0 Å². The molecule has 0 saturated carbocycles. The van der Waals surface area contributed by atoms with E-state index < -0.39 is 0 Å². The van der Waals surface area contributed by atoms with E-state index in [2.05, 4.69) is 21.2 Å². The van der Waals surface area contributed by atoms with Gasteiger partial charge in [0.1, 0.15) is 11.6 Å². The Morgan fingerprint density at radius 2 is 2.00 bits per heavy atom. The molecule has 3 nitrogen and oxygen atoms in total. The molecule has 0 aliphatic heterocycles. The van der Waals surface area contributed by atoms with Gasteiger partial charge in [-0.1, -0.05) is 15.9 Å². The highest BCUT2D eigenvalue weighted by molar-refractivity contribution is 9.10. The first-order valence-corrected chi connectivity index (χ1v) is 6.71. The Morgan fingerprint density at radius 3 is 2.65 bits per heavy atom. The number of hydrogen-bond acceptors (Lipinski definition) is 2. The predicted molar refractivity (Wildman–Crippen MR) is 79.8 cm³/mol. The van der Waals surface area contributed by atoms with Crippen LogP contribution in [0.1, 0.15) is 15.9 Å². The van der Waals surface area contributed by atoms with E-state index in [0.717, 1.165) is 10.0 Å². The van der Waals surface area contributed by atoms with E-state index >= 15 is 0 Å². The molecule has 0 unspecified atom stereocenters. The van der Waals surface area contributed by atoms with Gasteiger partial charge in [0.25, 0.3) is 5.91 Å². The number of anilines is 1. The van der Waals surface area contributed by atoms with Crippen molar-refractivity contribution in [2.75, 3.05) is 12.4 Å². The number of nitrogens with one attached hydrogen (secondary N) is 1. The number of methoxy groups -OCH3 is 1. The molecule has 2 rings (SSSR count). The van der Waals surface area contributed by atoms with Crippen LogP contribution < -0.4 is 10.1 Å². The normalized spacial score (nSPS) is 10.2. The number of hydrogen-bond donors (Lipinski definition) is 1. The van der Waals surface area contributed by atoms with Crippen LogP contribution in [0.5, 0.6) is 5.75 Å². The maximum Gasteiger partial charge on any atom is 0.259 e. The molecule has 5 heteroatoms. The number of benzene rings is 2. The van der Waals surface area contributed by atoms with Crippen molar-refractivity contribution >= 4 is 27.5 Å². The zero-order chi connectivity index (χ0) is 14.7. The summed E-state index contributed by atoms with van der Waals surface area (Å²) in [6, 6.07) is 9.46. The van der Waals surface area contributed by atoms with Crippen LogP contribution in [0.3, 0.4) is 0 Å².